The molecule has 134 valence electrons. The minimum atomic E-state index is -2.91. The number of ether oxygens (including phenoxy) is 2. The smallest absolute Gasteiger partial charge is 0.387 e. The monoisotopic (exact) mass is 349 g/mol. The summed E-state index contributed by atoms with van der Waals surface area (Å²) in [4.78, 5) is 4.17. The lowest BCUT2D eigenvalue weighted by Gasteiger charge is -2.11. The summed E-state index contributed by atoms with van der Waals surface area (Å²) in [7, 11) is 1.50. The number of alkyl halides is 2. The van der Waals surface area contributed by atoms with Gasteiger partial charge in [0.05, 0.1) is 13.7 Å². The van der Waals surface area contributed by atoms with Gasteiger partial charge in [-0.15, -0.1) is 0 Å². The average molecular weight is 349 g/mol. The molecule has 0 saturated carbocycles. The molecule has 2 rings (SSSR count). The van der Waals surface area contributed by atoms with Gasteiger partial charge in [-0.3, -0.25) is 0 Å². The van der Waals surface area contributed by atoms with Crippen LogP contribution in [0, 0.1) is 0 Å². The van der Waals surface area contributed by atoms with Gasteiger partial charge in [0.1, 0.15) is 11.5 Å². The Bertz CT molecular complexity index is 694. The number of hydrogen-bond acceptors (Lipinski definition) is 3. The van der Waals surface area contributed by atoms with Crippen molar-refractivity contribution in [3.63, 3.8) is 0 Å². The zero-order valence-electron chi connectivity index (χ0n) is 13.9. The molecule has 0 radical (unpaired) electrons. The predicted molar refractivity (Wildman–Crippen MR) is 93.1 cm³/mol. The molecular weight excluding hydrogens is 328 g/mol. The van der Waals surface area contributed by atoms with Gasteiger partial charge in [0.2, 0.25) is 0 Å². The van der Waals surface area contributed by atoms with Crippen LogP contribution in [-0.4, -0.2) is 26.2 Å². The lowest BCUT2D eigenvalue weighted by Crippen LogP contribution is -2.33. The van der Waals surface area contributed by atoms with Crippen molar-refractivity contribution in [3.8, 4) is 11.5 Å². The number of halogens is 2. The van der Waals surface area contributed by atoms with Crippen LogP contribution in [0.25, 0.3) is 0 Å². The topological polar surface area (TPSA) is 68.9 Å². The molecular formula is C18H21F2N3O2. The fraction of sp³-hybridized carbons (Fsp3) is 0.278. The number of nitrogens with zero attached hydrogens (tertiary/aromatic N) is 1. The highest BCUT2D eigenvalue weighted by Gasteiger charge is 2.10. The largest absolute Gasteiger partial charge is 0.497 e. The minimum Gasteiger partial charge on any atom is -0.497 e. The predicted octanol–water partition coefficient (Wildman–Crippen LogP) is 2.94. The van der Waals surface area contributed by atoms with Crippen molar-refractivity contribution >= 4 is 5.96 Å². The number of guanidine groups is 1. The Kier molecular flexibility index (Phi) is 7.00. The second-order valence-corrected chi connectivity index (χ2v) is 5.22. The Hall–Kier alpha value is -2.83. The highest BCUT2D eigenvalue weighted by molar-refractivity contribution is 5.77. The number of benzene rings is 2. The zero-order valence-corrected chi connectivity index (χ0v) is 13.9. The molecule has 7 heteroatoms. The molecule has 0 heterocycles. The summed E-state index contributed by atoms with van der Waals surface area (Å²) in [6, 6.07) is 14.5. The van der Waals surface area contributed by atoms with Crippen LogP contribution < -0.4 is 20.5 Å². The fourth-order valence-corrected chi connectivity index (χ4v) is 2.22. The molecule has 0 amide bonds. The molecule has 0 aromatic heterocycles. The fourth-order valence-electron chi connectivity index (χ4n) is 2.22. The van der Waals surface area contributed by atoms with E-state index in [-0.39, 0.29) is 18.3 Å². The molecule has 0 saturated heterocycles. The molecule has 0 unspecified atom stereocenters. The number of aliphatic imine (C=N–C) groups is 1. The lowest BCUT2D eigenvalue weighted by atomic mass is 10.1. The summed E-state index contributed by atoms with van der Waals surface area (Å²) in [5, 5.41) is 3.00. The van der Waals surface area contributed by atoms with Crippen LogP contribution in [0.3, 0.4) is 0 Å². The first-order chi connectivity index (χ1) is 12.1. The van der Waals surface area contributed by atoms with Gasteiger partial charge in [0.25, 0.3) is 0 Å². The maximum absolute atomic E-state index is 12.5. The van der Waals surface area contributed by atoms with E-state index in [4.69, 9.17) is 10.5 Å². The van der Waals surface area contributed by atoms with E-state index < -0.39 is 6.61 Å². The van der Waals surface area contributed by atoms with Crippen molar-refractivity contribution in [1.29, 1.82) is 0 Å². The summed E-state index contributed by atoms with van der Waals surface area (Å²) in [5.41, 5.74) is 7.48. The molecule has 0 aliphatic heterocycles. The second-order valence-electron chi connectivity index (χ2n) is 5.22. The second kappa shape index (κ2) is 9.46. The van der Waals surface area contributed by atoms with Crippen LogP contribution in [0.5, 0.6) is 11.5 Å². The third kappa shape index (κ3) is 6.29. The van der Waals surface area contributed by atoms with E-state index in [2.05, 4.69) is 15.0 Å². The molecule has 3 N–H and O–H groups in total. The number of nitrogens with one attached hydrogen (secondary N) is 1. The number of rotatable bonds is 8. The SMILES string of the molecule is COc1ccc(OC(F)F)c(CN=C(N)NCCc2ccccc2)c1. The van der Waals surface area contributed by atoms with E-state index in [1.165, 1.54) is 18.7 Å². The van der Waals surface area contributed by atoms with Gasteiger partial charge in [-0.1, -0.05) is 30.3 Å². The normalized spacial score (nSPS) is 11.4. The van der Waals surface area contributed by atoms with Gasteiger partial charge in [0.15, 0.2) is 5.96 Å². The summed E-state index contributed by atoms with van der Waals surface area (Å²) >= 11 is 0. The molecule has 0 aliphatic rings. The van der Waals surface area contributed by atoms with Gasteiger partial charge in [-0.05, 0) is 30.2 Å². The Morgan fingerprint density at radius 3 is 2.64 bits per heavy atom. The van der Waals surface area contributed by atoms with Crippen LogP contribution in [0.2, 0.25) is 0 Å². The van der Waals surface area contributed by atoms with Gasteiger partial charge in [0, 0.05) is 12.1 Å². The average Bonchev–Trinajstić information content (AvgIpc) is 2.61. The summed E-state index contributed by atoms with van der Waals surface area (Å²) < 4.78 is 34.6. The first kappa shape index (κ1) is 18.5. The van der Waals surface area contributed by atoms with Crippen molar-refractivity contribution in [2.75, 3.05) is 13.7 Å². The van der Waals surface area contributed by atoms with Gasteiger partial charge >= 0.3 is 6.61 Å². The molecule has 5 nitrogen and oxygen atoms in total. The van der Waals surface area contributed by atoms with E-state index >= 15 is 0 Å². The summed E-state index contributed by atoms with van der Waals surface area (Å²) in [6.45, 7) is -2.18. The molecule has 0 bridgehead atoms. The molecule has 2 aromatic rings. The lowest BCUT2D eigenvalue weighted by molar-refractivity contribution is -0.0504. The van der Waals surface area contributed by atoms with Gasteiger partial charge in [-0.2, -0.15) is 8.78 Å². The first-order valence-corrected chi connectivity index (χ1v) is 7.78. The standard InChI is InChI=1S/C18H21F2N3O2/c1-24-15-7-8-16(25-17(19)20)14(11-15)12-23-18(21)22-10-9-13-5-3-2-4-6-13/h2-8,11,17H,9-10,12H2,1H3,(H3,21,22,23). The highest BCUT2D eigenvalue weighted by Crippen LogP contribution is 2.26. The van der Waals surface area contributed by atoms with Crippen molar-refractivity contribution in [1.82, 2.24) is 5.32 Å². The molecule has 0 aliphatic carbocycles. The van der Waals surface area contributed by atoms with Crippen LogP contribution in [0.4, 0.5) is 8.78 Å². The summed E-state index contributed by atoms with van der Waals surface area (Å²) in [6.07, 6.45) is 0.802. The van der Waals surface area contributed by atoms with E-state index in [1.807, 2.05) is 30.3 Å². The minimum absolute atomic E-state index is 0.0524. The van der Waals surface area contributed by atoms with E-state index in [1.54, 1.807) is 12.1 Å². The number of hydrogen-bond donors (Lipinski definition) is 2. The number of nitrogens with two attached hydrogens (primary N) is 1. The van der Waals surface area contributed by atoms with Gasteiger partial charge < -0.3 is 20.5 Å². The van der Waals surface area contributed by atoms with E-state index in [0.29, 0.717) is 17.9 Å². The van der Waals surface area contributed by atoms with Crippen LogP contribution in [0.15, 0.2) is 53.5 Å². The molecule has 0 atom stereocenters. The van der Waals surface area contributed by atoms with E-state index in [9.17, 15) is 8.78 Å². The number of methoxy groups -OCH3 is 1. The van der Waals surface area contributed by atoms with Crippen molar-refractivity contribution in [2.45, 2.75) is 19.6 Å². The summed E-state index contributed by atoms with van der Waals surface area (Å²) in [5.74, 6) is 0.820. The third-order valence-electron chi connectivity index (χ3n) is 3.47. The Morgan fingerprint density at radius 1 is 1.20 bits per heavy atom. The van der Waals surface area contributed by atoms with Crippen molar-refractivity contribution < 1.29 is 18.3 Å². The van der Waals surface area contributed by atoms with Crippen LogP contribution in [0.1, 0.15) is 11.1 Å². The molecule has 0 fully saturated rings. The zero-order chi connectivity index (χ0) is 18.1. The molecule has 2 aromatic carbocycles. The van der Waals surface area contributed by atoms with Gasteiger partial charge in [-0.25, -0.2) is 4.99 Å². The Labute approximate surface area is 145 Å². The van der Waals surface area contributed by atoms with E-state index in [0.717, 1.165) is 6.42 Å². The third-order valence-corrected chi connectivity index (χ3v) is 3.47. The quantitative estimate of drug-likeness (QED) is 0.568. The maximum atomic E-state index is 12.5. The Balaban J connectivity index is 1.94. The first-order valence-electron chi connectivity index (χ1n) is 7.78. The maximum Gasteiger partial charge on any atom is 0.387 e. The molecule has 0 spiro atoms. The Morgan fingerprint density at radius 2 is 1.96 bits per heavy atom. The molecule has 25 heavy (non-hydrogen) atoms. The van der Waals surface area contributed by atoms with Crippen molar-refractivity contribution in [2.24, 2.45) is 10.7 Å². The van der Waals surface area contributed by atoms with Crippen molar-refractivity contribution in [3.05, 3.63) is 59.7 Å². The van der Waals surface area contributed by atoms with Crippen LogP contribution in [-0.2, 0) is 13.0 Å². The van der Waals surface area contributed by atoms with Crippen LogP contribution >= 0.6 is 0 Å². The highest BCUT2D eigenvalue weighted by atomic mass is 19.3.